The van der Waals surface area contributed by atoms with E-state index in [1.807, 2.05) is 13.0 Å². The molecule has 1 aliphatic carbocycles. The number of hydrogen-bond donors (Lipinski definition) is 2. The number of carbonyl (C=O) groups excluding carboxylic acids is 1. The fourth-order valence-electron chi connectivity index (χ4n) is 4.52. The van der Waals surface area contributed by atoms with Crippen LogP contribution in [0.1, 0.15) is 54.9 Å². The third-order valence-electron chi connectivity index (χ3n) is 5.93. The molecule has 2 N–H and O–H groups in total. The van der Waals surface area contributed by atoms with Crippen LogP contribution in [0.5, 0.6) is 5.75 Å². The summed E-state index contributed by atoms with van der Waals surface area (Å²) in [6.45, 7) is 7.03. The molecule has 4 heteroatoms. The minimum Gasteiger partial charge on any atom is -0.507 e. The maximum absolute atomic E-state index is 12.3. The monoisotopic (exact) mass is 330 g/mol. The summed E-state index contributed by atoms with van der Waals surface area (Å²) in [5.41, 5.74) is 1.35. The molecule has 1 aromatic rings. The summed E-state index contributed by atoms with van der Waals surface area (Å²) >= 11 is 0. The quantitative estimate of drug-likeness (QED) is 0.890. The van der Waals surface area contributed by atoms with Crippen molar-refractivity contribution in [2.24, 2.45) is 11.8 Å². The van der Waals surface area contributed by atoms with Crippen LogP contribution in [0.25, 0.3) is 0 Å². The Morgan fingerprint density at radius 3 is 2.92 bits per heavy atom. The van der Waals surface area contributed by atoms with Gasteiger partial charge in [-0.1, -0.05) is 31.4 Å². The van der Waals surface area contributed by atoms with Gasteiger partial charge in [0.1, 0.15) is 5.75 Å². The van der Waals surface area contributed by atoms with E-state index in [9.17, 15) is 9.90 Å². The Hall–Kier alpha value is -1.55. The zero-order valence-corrected chi connectivity index (χ0v) is 14.9. The lowest BCUT2D eigenvalue weighted by molar-refractivity contribution is 0.0266. The van der Waals surface area contributed by atoms with Gasteiger partial charge in [0.25, 0.3) is 5.91 Å². The third kappa shape index (κ3) is 3.75. The number of carbonyl (C=O) groups is 1. The van der Waals surface area contributed by atoms with E-state index >= 15 is 0 Å². The summed E-state index contributed by atoms with van der Waals surface area (Å²) in [5.74, 6) is 1.55. The molecule has 1 aromatic carbocycles. The van der Waals surface area contributed by atoms with Crippen molar-refractivity contribution in [3.63, 3.8) is 0 Å². The number of benzene rings is 1. The number of likely N-dealkylation sites (tertiary alicyclic amines) is 1. The number of rotatable bonds is 4. The molecule has 1 saturated heterocycles. The highest BCUT2D eigenvalue weighted by molar-refractivity contribution is 5.96. The van der Waals surface area contributed by atoms with Crippen molar-refractivity contribution in [1.29, 1.82) is 0 Å². The van der Waals surface area contributed by atoms with Gasteiger partial charge in [-0.05, 0) is 56.7 Å². The number of hydrogen-bond acceptors (Lipinski definition) is 3. The van der Waals surface area contributed by atoms with Crippen LogP contribution in [-0.2, 0) is 0 Å². The number of aryl methyl sites for hydroxylation is 1. The molecule has 2 aliphatic rings. The highest BCUT2D eigenvalue weighted by Gasteiger charge is 2.36. The summed E-state index contributed by atoms with van der Waals surface area (Å²) in [4.78, 5) is 14.9. The topological polar surface area (TPSA) is 52.6 Å². The van der Waals surface area contributed by atoms with E-state index in [1.165, 1.54) is 32.1 Å². The average Bonchev–Trinajstić information content (AvgIpc) is 2.59. The Balaban J connectivity index is 1.54. The second kappa shape index (κ2) is 7.56. The minimum absolute atomic E-state index is 0.0530. The van der Waals surface area contributed by atoms with Gasteiger partial charge in [0.15, 0.2) is 0 Å². The molecule has 24 heavy (non-hydrogen) atoms. The lowest BCUT2D eigenvalue weighted by Gasteiger charge is -2.47. The molecule has 1 aliphatic heterocycles. The normalized spacial score (nSPS) is 27.5. The van der Waals surface area contributed by atoms with Crippen molar-refractivity contribution in [3.05, 3.63) is 29.3 Å². The Labute approximate surface area is 145 Å². The van der Waals surface area contributed by atoms with Crippen molar-refractivity contribution in [2.45, 2.75) is 52.0 Å². The number of fused-ring (bicyclic) bond motifs is 1. The predicted octanol–water partition coefficient (Wildman–Crippen LogP) is 3.33. The number of piperidine rings is 1. The number of phenolic OH excluding ortho intramolecular Hbond substituents is 1. The van der Waals surface area contributed by atoms with E-state index in [2.05, 4.69) is 17.1 Å². The van der Waals surface area contributed by atoms with E-state index in [4.69, 9.17) is 0 Å². The summed E-state index contributed by atoms with van der Waals surface area (Å²) < 4.78 is 0. The summed E-state index contributed by atoms with van der Waals surface area (Å²) in [7, 11) is 0. The highest BCUT2D eigenvalue weighted by atomic mass is 16.3. The average molecular weight is 330 g/mol. The Morgan fingerprint density at radius 1 is 1.29 bits per heavy atom. The maximum atomic E-state index is 12.3. The molecule has 4 nitrogen and oxygen atoms in total. The SMILES string of the molecule is Cc1ccc(O)c(C(=O)NCCN2CCC(C)[C@@H]3CCCC[C@@H]32)c1. The number of aromatic hydroxyl groups is 1. The first-order valence-corrected chi connectivity index (χ1v) is 9.38. The van der Waals surface area contributed by atoms with E-state index in [1.54, 1.807) is 12.1 Å². The lowest BCUT2D eigenvalue weighted by Crippen LogP contribution is -2.51. The van der Waals surface area contributed by atoms with Crippen molar-refractivity contribution in [3.8, 4) is 5.75 Å². The van der Waals surface area contributed by atoms with Crippen LogP contribution >= 0.6 is 0 Å². The number of phenols is 1. The summed E-state index contributed by atoms with van der Waals surface area (Å²) in [6.07, 6.45) is 6.66. The van der Waals surface area contributed by atoms with E-state index in [0.29, 0.717) is 18.2 Å². The number of nitrogens with zero attached hydrogens (tertiary/aromatic N) is 1. The van der Waals surface area contributed by atoms with Gasteiger partial charge in [-0.2, -0.15) is 0 Å². The van der Waals surface area contributed by atoms with Crippen molar-refractivity contribution in [2.75, 3.05) is 19.6 Å². The van der Waals surface area contributed by atoms with Gasteiger partial charge >= 0.3 is 0 Å². The largest absolute Gasteiger partial charge is 0.507 e. The first-order valence-electron chi connectivity index (χ1n) is 9.38. The van der Waals surface area contributed by atoms with Crippen LogP contribution in [0.4, 0.5) is 0 Å². The number of nitrogens with one attached hydrogen (secondary N) is 1. The molecule has 3 rings (SSSR count). The first kappa shape index (κ1) is 17.3. The van der Waals surface area contributed by atoms with Crippen LogP contribution in [0, 0.1) is 18.8 Å². The summed E-state index contributed by atoms with van der Waals surface area (Å²) in [5, 5.41) is 12.8. The molecular formula is C20H30N2O2. The van der Waals surface area contributed by atoms with Crippen LogP contribution in [-0.4, -0.2) is 41.6 Å². The smallest absolute Gasteiger partial charge is 0.255 e. The molecular weight excluding hydrogens is 300 g/mol. The molecule has 1 unspecified atom stereocenters. The fraction of sp³-hybridized carbons (Fsp3) is 0.650. The van der Waals surface area contributed by atoms with Gasteiger partial charge in [-0.25, -0.2) is 0 Å². The minimum atomic E-state index is -0.179. The number of amides is 1. The van der Waals surface area contributed by atoms with Gasteiger partial charge in [-0.3, -0.25) is 9.69 Å². The molecule has 1 heterocycles. The molecule has 0 spiro atoms. The molecule has 2 fully saturated rings. The Kier molecular flexibility index (Phi) is 5.44. The van der Waals surface area contributed by atoms with Crippen molar-refractivity contribution >= 4 is 5.91 Å². The second-order valence-electron chi connectivity index (χ2n) is 7.59. The molecule has 3 atom stereocenters. The molecule has 0 bridgehead atoms. The van der Waals surface area contributed by atoms with Crippen LogP contribution in [0.3, 0.4) is 0 Å². The van der Waals surface area contributed by atoms with E-state index in [-0.39, 0.29) is 11.7 Å². The predicted molar refractivity (Wildman–Crippen MR) is 96.3 cm³/mol. The zero-order valence-electron chi connectivity index (χ0n) is 14.9. The second-order valence-corrected chi connectivity index (χ2v) is 7.59. The van der Waals surface area contributed by atoms with Gasteiger partial charge in [0, 0.05) is 19.1 Å². The standard InChI is InChI=1S/C20H30N2O2/c1-14-7-8-19(23)17(13-14)20(24)21-10-12-22-11-9-15(2)16-5-3-4-6-18(16)22/h7-8,13,15-16,18,23H,3-6,9-12H2,1-2H3,(H,21,24)/t15?,16-,18-/m0/s1. The molecule has 132 valence electrons. The Morgan fingerprint density at radius 2 is 2.08 bits per heavy atom. The van der Waals surface area contributed by atoms with Gasteiger partial charge in [0.05, 0.1) is 5.56 Å². The van der Waals surface area contributed by atoms with E-state index in [0.717, 1.165) is 30.5 Å². The van der Waals surface area contributed by atoms with Gasteiger partial charge < -0.3 is 10.4 Å². The van der Waals surface area contributed by atoms with Gasteiger partial charge in [-0.15, -0.1) is 0 Å². The molecule has 0 radical (unpaired) electrons. The molecule has 0 aromatic heterocycles. The third-order valence-corrected chi connectivity index (χ3v) is 5.93. The van der Waals surface area contributed by atoms with Crippen LogP contribution in [0.15, 0.2) is 18.2 Å². The first-order chi connectivity index (χ1) is 11.6. The van der Waals surface area contributed by atoms with Crippen molar-refractivity contribution < 1.29 is 9.90 Å². The fourth-order valence-corrected chi connectivity index (χ4v) is 4.52. The maximum Gasteiger partial charge on any atom is 0.255 e. The van der Waals surface area contributed by atoms with Crippen LogP contribution < -0.4 is 5.32 Å². The zero-order chi connectivity index (χ0) is 17.1. The van der Waals surface area contributed by atoms with Crippen molar-refractivity contribution in [1.82, 2.24) is 10.2 Å². The molecule has 1 saturated carbocycles. The van der Waals surface area contributed by atoms with Crippen LogP contribution in [0.2, 0.25) is 0 Å². The molecule has 1 amide bonds. The summed E-state index contributed by atoms with van der Waals surface area (Å²) in [6, 6.07) is 5.84. The highest BCUT2D eigenvalue weighted by Crippen LogP contribution is 2.38. The van der Waals surface area contributed by atoms with Gasteiger partial charge in [0.2, 0.25) is 0 Å². The lowest BCUT2D eigenvalue weighted by atomic mass is 9.72. The Bertz CT molecular complexity index is 587. The van der Waals surface area contributed by atoms with E-state index < -0.39 is 0 Å².